The summed E-state index contributed by atoms with van der Waals surface area (Å²) in [6.45, 7) is 7.10. The second-order valence-corrected chi connectivity index (χ2v) is 5.49. The molecule has 6 nitrogen and oxygen atoms in total. The third-order valence-electron chi connectivity index (χ3n) is 2.67. The highest BCUT2D eigenvalue weighted by molar-refractivity contribution is 7.98. The monoisotopic (exact) mass is 297 g/mol. The molecule has 0 saturated carbocycles. The fraction of sp³-hybridized carbons (Fsp3) is 0.615. The van der Waals surface area contributed by atoms with Crippen LogP contribution in [0.25, 0.3) is 0 Å². The molecule has 3 N–H and O–H groups in total. The average molecular weight is 297 g/mol. The number of carbonyl (C=O) groups excluding carboxylic acids is 1. The summed E-state index contributed by atoms with van der Waals surface area (Å²) in [4.78, 5) is 22.0. The van der Waals surface area contributed by atoms with Crippen LogP contribution in [0.15, 0.2) is 11.2 Å². The number of rotatable bonds is 8. The summed E-state index contributed by atoms with van der Waals surface area (Å²) < 4.78 is 0. The third kappa shape index (κ3) is 4.88. The van der Waals surface area contributed by atoms with Gasteiger partial charge in [0.2, 0.25) is 5.91 Å². The standard InChI is InChI=1S/C13H23N5OS/c1-5-6-15-11-7-12(17-13(16-11)20-4)18(9(2)3)8-10(14)19/h7,9H,5-6,8H2,1-4H3,(H2,14,19)(H,15,16,17). The Kier molecular flexibility index (Phi) is 6.57. The van der Waals surface area contributed by atoms with Crippen molar-refractivity contribution in [2.75, 3.05) is 29.6 Å². The van der Waals surface area contributed by atoms with Crippen molar-refractivity contribution in [3.8, 4) is 0 Å². The quantitative estimate of drug-likeness (QED) is 0.561. The minimum absolute atomic E-state index is 0.131. The lowest BCUT2D eigenvalue weighted by Gasteiger charge is -2.27. The molecule has 1 heterocycles. The van der Waals surface area contributed by atoms with Crippen LogP contribution in [0, 0.1) is 0 Å². The van der Waals surface area contributed by atoms with Gasteiger partial charge < -0.3 is 16.0 Å². The highest BCUT2D eigenvalue weighted by Crippen LogP contribution is 2.21. The summed E-state index contributed by atoms with van der Waals surface area (Å²) >= 11 is 1.47. The number of thioether (sulfide) groups is 1. The van der Waals surface area contributed by atoms with Crippen molar-refractivity contribution < 1.29 is 4.79 Å². The Bertz CT molecular complexity index is 452. The van der Waals surface area contributed by atoms with Crippen molar-refractivity contribution in [2.24, 2.45) is 5.73 Å². The van der Waals surface area contributed by atoms with E-state index in [1.54, 1.807) is 0 Å². The molecule has 0 bridgehead atoms. The fourth-order valence-electron chi connectivity index (χ4n) is 1.69. The molecular weight excluding hydrogens is 274 g/mol. The van der Waals surface area contributed by atoms with Gasteiger partial charge >= 0.3 is 0 Å². The number of nitrogens with one attached hydrogen (secondary N) is 1. The Balaban J connectivity index is 3.08. The van der Waals surface area contributed by atoms with Gasteiger partial charge in [0, 0.05) is 18.7 Å². The summed E-state index contributed by atoms with van der Waals surface area (Å²) in [5.41, 5.74) is 5.31. The molecule has 0 saturated heterocycles. The van der Waals surface area contributed by atoms with Crippen LogP contribution in [-0.4, -0.2) is 41.3 Å². The van der Waals surface area contributed by atoms with Crippen molar-refractivity contribution in [2.45, 2.75) is 38.4 Å². The molecule has 20 heavy (non-hydrogen) atoms. The maximum Gasteiger partial charge on any atom is 0.237 e. The summed E-state index contributed by atoms with van der Waals surface area (Å²) in [5, 5.41) is 3.93. The Labute approximate surface area is 124 Å². The van der Waals surface area contributed by atoms with Crippen molar-refractivity contribution in [1.82, 2.24) is 9.97 Å². The molecule has 1 amide bonds. The van der Waals surface area contributed by atoms with Crippen LogP contribution < -0.4 is 16.0 Å². The Hall–Kier alpha value is -1.50. The molecule has 1 aromatic heterocycles. The Morgan fingerprint density at radius 2 is 2.20 bits per heavy atom. The minimum atomic E-state index is -0.369. The van der Waals surface area contributed by atoms with Crippen molar-refractivity contribution in [1.29, 1.82) is 0 Å². The normalized spacial score (nSPS) is 10.7. The number of aromatic nitrogens is 2. The second kappa shape index (κ2) is 7.94. The van der Waals surface area contributed by atoms with Crippen molar-refractivity contribution in [3.63, 3.8) is 0 Å². The number of carbonyl (C=O) groups is 1. The maximum atomic E-state index is 11.2. The number of nitrogens with two attached hydrogens (primary N) is 1. The van der Waals surface area contributed by atoms with E-state index in [1.165, 1.54) is 11.8 Å². The van der Waals surface area contributed by atoms with E-state index in [0.717, 1.165) is 24.6 Å². The molecule has 1 rings (SSSR count). The van der Waals surface area contributed by atoms with Gasteiger partial charge in [-0.25, -0.2) is 9.97 Å². The van der Waals surface area contributed by atoms with Gasteiger partial charge in [-0.05, 0) is 26.5 Å². The zero-order valence-corrected chi connectivity index (χ0v) is 13.3. The molecule has 0 aliphatic heterocycles. The van der Waals surface area contributed by atoms with Crippen LogP contribution in [0.4, 0.5) is 11.6 Å². The molecular formula is C13H23N5OS. The molecule has 7 heteroatoms. The van der Waals surface area contributed by atoms with E-state index in [4.69, 9.17) is 5.73 Å². The summed E-state index contributed by atoms with van der Waals surface area (Å²) in [6.07, 6.45) is 2.94. The van der Waals surface area contributed by atoms with Gasteiger partial charge in [-0.2, -0.15) is 0 Å². The topological polar surface area (TPSA) is 84.1 Å². The molecule has 0 atom stereocenters. The zero-order chi connectivity index (χ0) is 15.1. The number of anilines is 2. The predicted octanol–water partition coefficient (Wildman–Crippen LogP) is 1.72. The zero-order valence-electron chi connectivity index (χ0n) is 12.5. The summed E-state index contributed by atoms with van der Waals surface area (Å²) in [5.74, 6) is 1.12. The van der Waals surface area contributed by atoms with E-state index in [0.29, 0.717) is 5.16 Å². The number of hydrogen-bond donors (Lipinski definition) is 2. The lowest BCUT2D eigenvalue weighted by Crippen LogP contribution is -2.39. The van der Waals surface area contributed by atoms with Gasteiger partial charge in [0.15, 0.2) is 5.16 Å². The van der Waals surface area contributed by atoms with E-state index in [2.05, 4.69) is 22.2 Å². The number of primary amides is 1. The maximum absolute atomic E-state index is 11.2. The minimum Gasteiger partial charge on any atom is -0.370 e. The fourth-order valence-corrected chi connectivity index (χ4v) is 2.07. The first-order valence-corrected chi connectivity index (χ1v) is 7.92. The first kappa shape index (κ1) is 16.6. The largest absolute Gasteiger partial charge is 0.370 e. The Morgan fingerprint density at radius 3 is 2.70 bits per heavy atom. The Morgan fingerprint density at radius 1 is 1.50 bits per heavy atom. The van der Waals surface area contributed by atoms with Gasteiger partial charge in [-0.3, -0.25) is 4.79 Å². The number of amides is 1. The molecule has 0 aromatic carbocycles. The lowest BCUT2D eigenvalue weighted by molar-refractivity contribution is -0.116. The van der Waals surface area contributed by atoms with Crippen LogP contribution in [0.3, 0.4) is 0 Å². The van der Waals surface area contributed by atoms with E-state index >= 15 is 0 Å². The molecule has 112 valence electrons. The molecule has 0 spiro atoms. The predicted molar refractivity (Wildman–Crippen MR) is 84.3 cm³/mol. The summed E-state index contributed by atoms with van der Waals surface area (Å²) in [7, 11) is 0. The van der Waals surface area contributed by atoms with Gasteiger partial charge in [0.1, 0.15) is 11.6 Å². The van der Waals surface area contributed by atoms with Crippen LogP contribution in [0.1, 0.15) is 27.2 Å². The van der Waals surface area contributed by atoms with Gasteiger partial charge in [0.05, 0.1) is 6.54 Å². The van der Waals surface area contributed by atoms with Gasteiger partial charge in [-0.15, -0.1) is 0 Å². The number of nitrogens with zero attached hydrogens (tertiary/aromatic N) is 3. The van der Waals surface area contributed by atoms with E-state index in [1.807, 2.05) is 31.1 Å². The van der Waals surface area contributed by atoms with Crippen molar-refractivity contribution in [3.05, 3.63) is 6.07 Å². The third-order valence-corrected chi connectivity index (χ3v) is 3.22. The van der Waals surface area contributed by atoms with Crippen molar-refractivity contribution >= 4 is 29.3 Å². The van der Waals surface area contributed by atoms with E-state index in [-0.39, 0.29) is 18.5 Å². The molecule has 0 radical (unpaired) electrons. The highest BCUT2D eigenvalue weighted by atomic mass is 32.2. The average Bonchev–Trinajstić information content (AvgIpc) is 2.41. The molecule has 0 aliphatic carbocycles. The van der Waals surface area contributed by atoms with E-state index < -0.39 is 0 Å². The van der Waals surface area contributed by atoms with Crippen LogP contribution in [-0.2, 0) is 4.79 Å². The SMILES string of the molecule is CCCNc1cc(N(CC(N)=O)C(C)C)nc(SC)n1. The summed E-state index contributed by atoms with van der Waals surface area (Å²) in [6, 6.07) is 1.99. The second-order valence-electron chi connectivity index (χ2n) is 4.71. The van der Waals surface area contributed by atoms with Gasteiger partial charge in [-0.1, -0.05) is 18.7 Å². The van der Waals surface area contributed by atoms with Crippen LogP contribution >= 0.6 is 11.8 Å². The van der Waals surface area contributed by atoms with E-state index in [9.17, 15) is 4.79 Å². The van der Waals surface area contributed by atoms with Crippen LogP contribution in [0.5, 0.6) is 0 Å². The first-order valence-electron chi connectivity index (χ1n) is 6.69. The first-order chi connectivity index (χ1) is 9.47. The van der Waals surface area contributed by atoms with Crippen LogP contribution in [0.2, 0.25) is 0 Å². The molecule has 0 fully saturated rings. The van der Waals surface area contributed by atoms with Gasteiger partial charge in [0.25, 0.3) is 0 Å². The number of hydrogen-bond acceptors (Lipinski definition) is 6. The molecule has 0 aliphatic rings. The highest BCUT2D eigenvalue weighted by Gasteiger charge is 2.16. The molecule has 1 aromatic rings. The lowest BCUT2D eigenvalue weighted by atomic mass is 10.3. The smallest absolute Gasteiger partial charge is 0.237 e. The molecule has 0 unspecified atom stereocenters.